The third-order valence-electron chi connectivity index (χ3n) is 4.54. The molecule has 0 saturated carbocycles. The molecule has 0 heterocycles. The Hall–Kier alpha value is -1.39. The zero-order chi connectivity index (χ0) is 18.5. The Bertz CT molecular complexity index is 482. The largest absolute Gasteiger partial charge is 0.349 e. The molecule has 1 amide bonds. The Labute approximate surface area is 152 Å². The van der Waals surface area contributed by atoms with Gasteiger partial charge in [0.25, 0.3) is 0 Å². The topological polar surface area (TPSA) is 69.6 Å². The van der Waals surface area contributed by atoms with Crippen molar-refractivity contribution in [2.24, 2.45) is 0 Å². The maximum atomic E-state index is 11.6. The number of carbonyl (C=O) groups is 1. The van der Waals surface area contributed by atoms with Crippen LogP contribution >= 0.6 is 0 Å². The van der Waals surface area contributed by atoms with Gasteiger partial charge in [-0.05, 0) is 36.8 Å². The predicted molar refractivity (Wildman–Crippen MR) is 102 cm³/mol. The lowest BCUT2D eigenvalue weighted by Crippen LogP contribution is -2.47. The first-order valence-electron chi connectivity index (χ1n) is 9.80. The van der Waals surface area contributed by atoms with Crippen LogP contribution in [0.25, 0.3) is 0 Å². The van der Waals surface area contributed by atoms with Crippen LogP contribution in [0.2, 0.25) is 0 Å². The maximum absolute atomic E-state index is 11.6. The number of hydrogen-bond acceptors (Lipinski definition) is 3. The quantitative estimate of drug-likeness (QED) is 0.371. The van der Waals surface area contributed by atoms with Gasteiger partial charge in [0.2, 0.25) is 11.8 Å². The van der Waals surface area contributed by atoms with E-state index in [0.717, 1.165) is 12.8 Å². The van der Waals surface area contributed by atoms with Crippen LogP contribution < -0.4 is 5.32 Å². The lowest BCUT2D eigenvalue weighted by molar-refractivity contribution is -0.191. The molecule has 0 aliphatic carbocycles. The van der Waals surface area contributed by atoms with Crippen molar-refractivity contribution in [3.05, 3.63) is 35.4 Å². The molecule has 0 spiro atoms. The third kappa shape index (κ3) is 10.3. The van der Waals surface area contributed by atoms with Crippen LogP contribution in [-0.4, -0.2) is 22.0 Å². The Morgan fingerprint density at radius 3 is 1.96 bits per heavy atom. The van der Waals surface area contributed by atoms with Gasteiger partial charge in [0.1, 0.15) is 0 Å². The summed E-state index contributed by atoms with van der Waals surface area (Å²) in [6.45, 7) is 3.85. The summed E-state index contributed by atoms with van der Waals surface area (Å²) in [6, 6.07) is 8.65. The summed E-state index contributed by atoms with van der Waals surface area (Å²) in [5.41, 5.74) is 2.60. The Balaban J connectivity index is 2.20. The molecule has 0 fully saturated rings. The van der Waals surface area contributed by atoms with Crippen molar-refractivity contribution in [2.75, 3.05) is 0 Å². The molecule has 0 aliphatic rings. The Kier molecular flexibility index (Phi) is 10.4. The number of benzene rings is 1. The van der Waals surface area contributed by atoms with Gasteiger partial charge in [-0.2, -0.15) is 0 Å². The normalized spacial score (nSPS) is 11.5. The second-order valence-corrected chi connectivity index (χ2v) is 6.91. The number of hydrogen-bond donors (Lipinski definition) is 3. The van der Waals surface area contributed by atoms with E-state index >= 15 is 0 Å². The van der Waals surface area contributed by atoms with Crippen molar-refractivity contribution in [1.82, 2.24) is 5.32 Å². The van der Waals surface area contributed by atoms with Crippen molar-refractivity contribution < 1.29 is 15.0 Å². The highest BCUT2D eigenvalue weighted by molar-refractivity contribution is 5.76. The van der Waals surface area contributed by atoms with E-state index < -0.39 is 5.91 Å². The zero-order valence-corrected chi connectivity index (χ0v) is 15.9. The molecule has 4 nitrogen and oxygen atoms in total. The highest BCUT2D eigenvalue weighted by atomic mass is 16.5. The Morgan fingerprint density at radius 2 is 1.40 bits per heavy atom. The summed E-state index contributed by atoms with van der Waals surface area (Å²) < 4.78 is 0. The van der Waals surface area contributed by atoms with Gasteiger partial charge in [-0.3, -0.25) is 4.79 Å². The summed E-state index contributed by atoms with van der Waals surface area (Å²) in [4.78, 5) is 11.6. The van der Waals surface area contributed by atoms with Crippen LogP contribution in [0.4, 0.5) is 0 Å². The molecule has 1 rings (SSSR count). The standard InChI is InChI=1S/C21H35NO3/c1-3-5-6-7-8-9-11-18-14-16-19(17-15-18)12-10-13-20(23)22-21(24,25)4-2/h14-17,24-25H,3-13H2,1-2H3,(H,22,23). The molecule has 25 heavy (non-hydrogen) atoms. The second-order valence-electron chi connectivity index (χ2n) is 6.91. The fraction of sp³-hybridized carbons (Fsp3) is 0.667. The number of rotatable bonds is 13. The fourth-order valence-electron chi connectivity index (χ4n) is 2.81. The van der Waals surface area contributed by atoms with Crippen LogP contribution in [0.1, 0.15) is 82.8 Å². The molecule has 142 valence electrons. The summed E-state index contributed by atoms with van der Waals surface area (Å²) in [5, 5.41) is 21.0. The highest BCUT2D eigenvalue weighted by Crippen LogP contribution is 2.13. The van der Waals surface area contributed by atoms with Crippen LogP contribution in [0.15, 0.2) is 24.3 Å². The summed E-state index contributed by atoms with van der Waals surface area (Å²) in [5.74, 6) is -2.42. The van der Waals surface area contributed by atoms with Crippen molar-refractivity contribution >= 4 is 5.91 Å². The van der Waals surface area contributed by atoms with Gasteiger partial charge in [-0.15, -0.1) is 0 Å². The molecule has 0 aromatic heterocycles. The fourth-order valence-corrected chi connectivity index (χ4v) is 2.81. The molecular weight excluding hydrogens is 314 g/mol. The van der Waals surface area contributed by atoms with Crippen LogP contribution in [0, 0.1) is 0 Å². The maximum Gasteiger partial charge on any atom is 0.246 e. The average molecular weight is 350 g/mol. The van der Waals surface area contributed by atoms with Crippen LogP contribution in [-0.2, 0) is 17.6 Å². The minimum atomic E-state index is -2.09. The molecule has 0 aliphatic heterocycles. The van der Waals surface area contributed by atoms with E-state index in [4.69, 9.17) is 0 Å². The van der Waals surface area contributed by atoms with Crippen molar-refractivity contribution in [3.63, 3.8) is 0 Å². The molecule has 3 N–H and O–H groups in total. The van der Waals surface area contributed by atoms with Crippen molar-refractivity contribution in [1.29, 1.82) is 0 Å². The van der Waals surface area contributed by atoms with Crippen molar-refractivity contribution in [2.45, 2.75) is 90.4 Å². The third-order valence-corrected chi connectivity index (χ3v) is 4.54. The van der Waals surface area contributed by atoms with Gasteiger partial charge in [0, 0.05) is 12.8 Å². The summed E-state index contributed by atoms with van der Waals surface area (Å²) >= 11 is 0. The molecule has 0 unspecified atom stereocenters. The lowest BCUT2D eigenvalue weighted by atomic mass is 10.0. The summed E-state index contributed by atoms with van der Waals surface area (Å²) in [7, 11) is 0. The second kappa shape index (κ2) is 12.0. The van der Waals surface area contributed by atoms with E-state index in [1.165, 1.54) is 49.7 Å². The monoisotopic (exact) mass is 349 g/mol. The van der Waals surface area contributed by atoms with Crippen LogP contribution in [0.5, 0.6) is 0 Å². The van der Waals surface area contributed by atoms with E-state index in [1.54, 1.807) is 6.92 Å². The first-order valence-corrected chi connectivity index (χ1v) is 9.80. The van der Waals surface area contributed by atoms with E-state index in [0.29, 0.717) is 12.8 Å². The van der Waals surface area contributed by atoms with Crippen LogP contribution in [0.3, 0.4) is 0 Å². The highest BCUT2D eigenvalue weighted by Gasteiger charge is 2.22. The van der Waals surface area contributed by atoms with E-state index in [1.807, 2.05) is 0 Å². The average Bonchev–Trinajstić information content (AvgIpc) is 2.59. The minimum Gasteiger partial charge on any atom is -0.349 e. The first kappa shape index (κ1) is 21.7. The van der Waals surface area contributed by atoms with Gasteiger partial charge in [0.05, 0.1) is 0 Å². The number of unbranched alkanes of at least 4 members (excludes halogenated alkanes) is 5. The lowest BCUT2D eigenvalue weighted by Gasteiger charge is -2.20. The molecule has 0 radical (unpaired) electrons. The first-order chi connectivity index (χ1) is 12.0. The number of nitrogens with one attached hydrogen (secondary N) is 1. The number of carbonyl (C=O) groups excluding carboxylic acids is 1. The van der Waals surface area contributed by atoms with E-state index in [9.17, 15) is 15.0 Å². The zero-order valence-electron chi connectivity index (χ0n) is 15.9. The minimum absolute atomic E-state index is 0.0683. The van der Waals surface area contributed by atoms with Gasteiger partial charge in [-0.25, -0.2) is 0 Å². The smallest absolute Gasteiger partial charge is 0.246 e. The van der Waals surface area contributed by atoms with Gasteiger partial charge in [0.15, 0.2) is 0 Å². The molecule has 0 bridgehead atoms. The SMILES string of the molecule is CCCCCCCCc1ccc(CCCC(=O)NC(O)(O)CC)cc1. The number of aliphatic hydroxyl groups is 2. The van der Waals surface area contributed by atoms with Crippen molar-refractivity contribution in [3.8, 4) is 0 Å². The van der Waals surface area contributed by atoms with Gasteiger partial charge < -0.3 is 15.5 Å². The molecular formula is C21H35NO3. The predicted octanol–water partition coefficient (Wildman–Crippen LogP) is 4.08. The Morgan fingerprint density at radius 1 is 0.880 bits per heavy atom. The van der Waals surface area contributed by atoms with E-state index in [2.05, 4.69) is 36.5 Å². The molecule has 0 saturated heterocycles. The molecule has 1 aromatic rings. The number of amides is 1. The van der Waals surface area contributed by atoms with Gasteiger partial charge in [-0.1, -0.05) is 70.2 Å². The van der Waals surface area contributed by atoms with Gasteiger partial charge >= 0.3 is 0 Å². The number of aryl methyl sites for hydroxylation is 2. The van der Waals surface area contributed by atoms with E-state index in [-0.39, 0.29) is 12.3 Å². The molecule has 0 atom stereocenters. The molecule has 4 heteroatoms. The molecule has 1 aromatic carbocycles. The summed E-state index contributed by atoms with van der Waals surface area (Å²) in [6.07, 6.45) is 10.9.